The number of carbonyl (C=O) groups is 1. The van der Waals surface area contributed by atoms with Crippen molar-refractivity contribution in [1.29, 1.82) is 0 Å². The summed E-state index contributed by atoms with van der Waals surface area (Å²) in [6.07, 6.45) is 6.26. The molecule has 7 nitrogen and oxygen atoms in total. The third kappa shape index (κ3) is 6.89. The number of benzene rings is 3. The highest BCUT2D eigenvalue weighted by Crippen LogP contribution is 2.35. The Balaban J connectivity index is 1.46. The topological polar surface area (TPSA) is 92.3 Å². The number of hydrogen-bond acceptors (Lipinski definition) is 5. The van der Waals surface area contributed by atoms with Gasteiger partial charge in [0.1, 0.15) is 5.82 Å². The molecule has 0 spiro atoms. The average Bonchev–Trinajstić information content (AvgIpc) is 2.97. The van der Waals surface area contributed by atoms with Gasteiger partial charge in [-0.3, -0.25) is 4.79 Å². The van der Waals surface area contributed by atoms with E-state index in [0.29, 0.717) is 25.2 Å². The summed E-state index contributed by atoms with van der Waals surface area (Å²) >= 11 is 0. The van der Waals surface area contributed by atoms with Gasteiger partial charge in [-0.05, 0) is 85.5 Å². The number of fused-ring (bicyclic) bond motifs is 1. The molecule has 4 aromatic rings. The van der Waals surface area contributed by atoms with Crippen LogP contribution in [0.25, 0.3) is 0 Å². The number of nitrogens with zero attached hydrogens (tertiary/aromatic N) is 3. The van der Waals surface area contributed by atoms with Crippen molar-refractivity contribution in [3.05, 3.63) is 119 Å². The number of amides is 1. The van der Waals surface area contributed by atoms with E-state index in [9.17, 15) is 13.2 Å². The Hall–Kier alpha value is -3.88. The van der Waals surface area contributed by atoms with Crippen LogP contribution in [0.2, 0.25) is 0 Å². The average molecular weight is 569 g/mol. The maximum atomic E-state index is 13.9. The first-order chi connectivity index (χ1) is 19.7. The lowest BCUT2D eigenvalue weighted by atomic mass is 9.87. The van der Waals surface area contributed by atoms with E-state index in [0.717, 1.165) is 46.3 Å². The van der Waals surface area contributed by atoms with Gasteiger partial charge in [0.25, 0.3) is 0 Å². The molecule has 0 aliphatic heterocycles. The van der Waals surface area contributed by atoms with Gasteiger partial charge in [-0.15, -0.1) is 0 Å². The van der Waals surface area contributed by atoms with Crippen molar-refractivity contribution in [2.45, 2.75) is 69.9 Å². The van der Waals surface area contributed by atoms with Gasteiger partial charge in [-0.1, -0.05) is 55.5 Å². The van der Waals surface area contributed by atoms with Crippen molar-refractivity contribution in [2.24, 2.45) is 0 Å². The zero-order valence-corrected chi connectivity index (χ0v) is 24.6. The number of aryl methyl sites for hydroxylation is 3. The molecule has 1 N–H and O–H groups in total. The lowest BCUT2D eigenvalue weighted by Crippen LogP contribution is -2.33. The highest BCUT2D eigenvalue weighted by atomic mass is 32.2. The molecule has 41 heavy (non-hydrogen) atoms. The van der Waals surface area contributed by atoms with Gasteiger partial charge in [0.15, 0.2) is 0 Å². The fraction of sp³-hybridized carbons (Fsp3) is 0.303. The first-order valence-electron chi connectivity index (χ1n) is 14.0. The molecular formula is C33H36N4O3S. The van der Waals surface area contributed by atoms with Crippen LogP contribution in [0.1, 0.15) is 71.8 Å². The Kier molecular flexibility index (Phi) is 8.61. The van der Waals surface area contributed by atoms with E-state index in [1.54, 1.807) is 35.5 Å². The molecule has 3 aromatic carbocycles. The highest BCUT2D eigenvalue weighted by molar-refractivity contribution is 7.89. The lowest BCUT2D eigenvalue weighted by molar-refractivity contribution is -0.119. The van der Waals surface area contributed by atoms with Gasteiger partial charge in [0.05, 0.1) is 11.4 Å². The zero-order valence-electron chi connectivity index (χ0n) is 23.7. The van der Waals surface area contributed by atoms with E-state index < -0.39 is 10.0 Å². The molecule has 0 radical (unpaired) electrons. The molecule has 0 unspecified atom stereocenters. The molecule has 5 rings (SSSR count). The Labute approximate surface area is 242 Å². The van der Waals surface area contributed by atoms with Crippen molar-refractivity contribution in [2.75, 3.05) is 4.90 Å². The standard InChI is InChI=1S/C33H36N4O3S/c1-23-9-7-13-30(17-23)41(39,40)36-32-14-8-12-28-15-16-29(19-31(28)32)37(22-26-20-34-25(3)35-21-26)33(38)18-24(2)27-10-5-4-6-11-27/h4-7,9-11,13,15-17,19-21,24,32,36H,8,12,14,18,22H2,1-3H3/t24-,32+/m1/s1. The molecule has 0 saturated heterocycles. The summed E-state index contributed by atoms with van der Waals surface area (Å²) in [6.45, 7) is 6.09. The summed E-state index contributed by atoms with van der Waals surface area (Å²) in [6, 6.07) is 22.6. The lowest BCUT2D eigenvalue weighted by Gasteiger charge is -2.30. The minimum Gasteiger partial charge on any atom is -0.308 e. The fourth-order valence-corrected chi connectivity index (χ4v) is 6.75. The third-order valence-corrected chi connectivity index (χ3v) is 9.15. The quantitative estimate of drug-likeness (QED) is 0.260. The molecule has 8 heteroatoms. The molecule has 1 heterocycles. The van der Waals surface area contributed by atoms with Crippen LogP contribution in [0.5, 0.6) is 0 Å². The van der Waals surface area contributed by atoms with E-state index in [1.165, 1.54) is 0 Å². The molecule has 0 fully saturated rings. The van der Waals surface area contributed by atoms with Gasteiger partial charge in [-0.2, -0.15) is 0 Å². The fourth-order valence-electron chi connectivity index (χ4n) is 5.39. The van der Waals surface area contributed by atoms with Crippen molar-refractivity contribution in [3.63, 3.8) is 0 Å². The zero-order chi connectivity index (χ0) is 29.0. The third-order valence-electron chi connectivity index (χ3n) is 7.68. The normalized spacial score (nSPS) is 15.6. The summed E-state index contributed by atoms with van der Waals surface area (Å²) in [5.41, 5.74) is 5.57. The van der Waals surface area contributed by atoms with Crippen LogP contribution in [-0.4, -0.2) is 24.3 Å². The number of hydrogen-bond donors (Lipinski definition) is 1. The second kappa shape index (κ2) is 12.3. The number of rotatable bonds is 9. The van der Waals surface area contributed by atoms with Gasteiger partial charge in [0, 0.05) is 36.1 Å². The predicted molar refractivity (Wildman–Crippen MR) is 161 cm³/mol. The molecule has 1 aliphatic rings. The Morgan fingerprint density at radius 2 is 1.76 bits per heavy atom. The van der Waals surface area contributed by atoms with Gasteiger partial charge in [-0.25, -0.2) is 23.1 Å². The van der Waals surface area contributed by atoms with Gasteiger partial charge in [0.2, 0.25) is 15.9 Å². The monoisotopic (exact) mass is 568 g/mol. The van der Waals surface area contributed by atoms with E-state index >= 15 is 0 Å². The first kappa shape index (κ1) is 28.6. The summed E-state index contributed by atoms with van der Waals surface area (Å²) in [5.74, 6) is 0.684. The SMILES string of the molecule is Cc1cccc(S(=O)(=O)N[C@H]2CCCc3ccc(N(Cc4cnc(C)nc4)C(=O)C[C@@H](C)c4ccccc4)cc32)c1. The van der Waals surface area contributed by atoms with E-state index in [1.807, 2.05) is 68.4 Å². The van der Waals surface area contributed by atoms with Crippen LogP contribution in [0, 0.1) is 13.8 Å². The van der Waals surface area contributed by atoms with Crippen LogP contribution >= 0.6 is 0 Å². The van der Waals surface area contributed by atoms with Crippen LogP contribution in [0.4, 0.5) is 5.69 Å². The number of carbonyl (C=O) groups excluding carboxylic acids is 1. The minimum atomic E-state index is -3.72. The van der Waals surface area contributed by atoms with Crippen LogP contribution in [-0.2, 0) is 27.8 Å². The predicted octanol–water partition coefficient (Wildman–Crippen LogP) is 6.18. The van der Waals surface area contributed by atoms with Crippen molar-refractivity contribution >= 4 is 21.6 Å². The summed E-state index contributed by atoms with van der Waals surface area (Å²) in [7, 11) is -3.72. The minimum absolute atomic E-state index is 0.0189. The summed E-state index contributed by atoms with van der Waals surface area (Å²) in [5, 5.41) is 0. The largest absolute Gasteiger partial charge is 0.308 e. The van der Waals surface area contributed by atoms with Crippen LogP contribution < -0.4 is 9.62 Å². The first-order valence-corrected chi connectivity index (χ1v) is 15.5. The Morgan fingerprint density at radius 3 is 2.49 bits per heavy atom. The molecule has 2 atom stereocenters. The maximum absolute atomic E-state index is 13.9. The van der Waals surface area contributed by atoms with E-state index in [2.05, 4.69) is 21.6 Å². The summed E-state index contributed by atoms with van der Waals surface area (Å²) in [4.78, 5) is 24.5. The molecular weight excluding hydrogens is 532 g/mol. The van der Waals surface area contributed by atoms with Crippen LogP contribution in [0.15, 0.2) is 90.1 Å². The maximum Gasteiger partial charge on any atom is 0.241 e. The summed E-state index contributed by atoms with van der Waals surface area (Å²) < 4.78 is 29.6. The molecule has 1 aliphatic carbocycles. The van der Waals surface area contributed by atoms with Crippen molar-refractivity contribution in [3.8, 4) is 0 Å². The Morgan fingerprint density at radius 1 is 1.00 bits per heavy atom. The van der Waals surface area contributed by atoms with Crippen molar-refractivity contribution in [1.82, 2.24) is 14.7 Å². The number of anilines is 1. The number of sulfonamides is 1. The highest BCUT2D eigenvalue weighted by Gasteiger charge is 2.28. The van der Waals surface area contributed by atoms with Crippen LogP contribution in [0.3, 0.4) is 0 Å². The molecule has 1 aromatic heterocycles. The Bertz CT molecular complexity index is 1620. The molecule has 1 amide bonds. The van der Waals surface area contributed by atoms with Gasteiger partial charge < -0.3 is 4.90 Å². The number of nitrogens with one attached hydrogen (secondary N) is 1. The molecule has 0 saturated carbocycles. The smallest absolute Gasteiger partial charge is 0.241 e. The number of aromatic nitrogens is 2. The second-order valence-electron chi connectivity index (χ2n) is 10.9. The second-order valence-corrected chi connectivity index (χ2v) is 12.6. The van der Waals surface area contributed by atoms with E-state index in [-0.39, 0.29) is 22.8 Å². The van der Waals surface area contributed by atoms with E-state index in [4.69, 9.17) is 0 Å². The van der Waals surface area contributed by atoms with Crippen molar-refractivity contribution < 1.29 is 13.2 Å². The van der Waals surface area contributed by atoms with Gasteiger partial charge >= 0.3 is 0 Å². The molecule has 0 bridgehead atoms. The molecule has 212 valence electrons.